The van der Waals surface area contributed by atoms with Crippen LogP contribution < -0.4 is 16.4 Å². The number of amides is 2. The maximum Gasteiger partial charge on any atom is 0.319 e. The number of nitrogens with two attached hydrogens (primary N) is 2. The minimum atomic E-state index is -0.999. The van der Waals surface area contributed by atoms with Crippen LogP contribution in [0.15, 0.2) is 24.3 Å². The fourth-order valence-electron chi connectivity index (χ4n) is 1.29. The molecule has 0 fully saturated rings. The highest BCUT2D eigenvalue weighted by atomic mass is 16.4. The van der Waals surface area contributed by atoms with Gasteiger partial charge in [-0.15, -0.1) is 0 Å². The van der Waals surface area contributed by atoms with Crippen molar-refractivity contribution in [2.24, 2.45) is 5.73 Å². The van der Waals surface area contributed by atoms with Crippen molar-refractivity contribution < 1.29 is 14.7 Å². The van der Waals surface area contributed by atoms with Gasteiger partial charge in [-0.2, -0.15) is 0 Å². The quantitative estimate of drug-likeness (QED) is 0.650. The fourth-order valence-corrected chi connectivity index (χ4v) is 1.29. The van der Waals surface area contributed by atoms with E-state index in [1.807, 2.05) is 0 Å². The van der Waals surface area contributed by atoms with Gasteiger partial charge in [-0.05, 0) is 12.1 Å². The molecule has 0 saturated carbocycles. The first-order valence-corrected chi connectivity index (χ1v) is 4.65. The van der Waals surface area contributed by atoms with Crippen molar-refractivity contribution >= 4 is 23.4 Å². The number of aliphatic carboxylic acids is 1. The highest BCUT2D eigenvalue weighted by Gasteiger charge is 2.15. The summed E-state index contributed by atoms with van der Waals surface area (Å²) in [4.78, 5) is 22.7. The molecule has 86 valence electrons. The molecule has 0 bridgehead atoms. The van der Waals surface area contributed by atoms with Crippen molar-refractivity contribution in [3.05, 3.63) is 24.3 Å². The monoisotopic (exact) mass is 223 g/mol. The largest absolute Gasteiger partial charge is 0.481 e. The Balaban J connectivity index is 2.90. The molecule has 0 radical (unpaired) electrons. The number of benzene rings is 1. The maximum atomic E-state index is 11.2. The van der Waals surface area contributed by atoms with Crippen LogP contribution in [0.3, 0.4) is 0 Å². The van der Waals surface area contributed by atoms with Crippen LogP contribution in [0.4, 0.5) is 16.2 Å². The molecule has 0 atom stereocenters. The standard InChI is InChI=1S/C10H13N3O3/c11-7-3-1-2-4-8(7)13(10(12)16)6-5-9(14)15/h1-4H,5-6,11H2,(H2,12,16)(H,14,15). The Morgan fingerprint density at radius 3 is 2.44 bits per heavy atom. The third-order valence-corrected chi connectivity index (χ3v) is 2.04. The van der Waals surface area contributed by atoms with Crippen molar-refractivity contribution in [1.29, 1.82) is 0 Å². The zero-order valence-corrected chi connectivity index (χ0v) is 8.59. The van der Waals surface area contributed by atoms with E-state index in [9.17, 15) is 9.59 Å². The second-order valence-corrected chi connectivity index (χ2v) is 3.19. The lowest BCUT2D eigenvalue weighted by Gasteiger charge is -2.21. The molecule has 16 heavy (non-hydrogen) atoms. The van der Waals surface area contributed by atoms with Gasteiger partial charge in [-0.1, -0.05) is 12.1 Å². The molecule has 1 rings (SSSR count). The molecule has 0 aromatic heterocycles. The second-order valence-electron chi connectivity index (χ2n) is 3.19. The molecule has 0 heterocycles. The molecular weight excluding hydrogens is 210 g/mol. The molecule has 1 aromatic rings. The number of hydrogen-bond acceptors (Lipinski definition) is 3. The van der Waals surface area contributed by atoms with E-state index in [1.165, 1.54) is 0 Å². The summed E-state index contributed by atoms with van der Waals surface area (Å²) in [6.07, 6.45) is -0.183. The van der Waals surface area contributed by atoms with E-state index in [-0.39, 0.29) is 13.0 Å². The molecule has 2 amide bonds. The zero-order chi connectivity index (χ0) is 12.1. The van der Waals surface area contributed by atoms with Crippen LogP contribution in [0.2, 0.25) is 0 Å². The average molecular weight is 223 g/mol. The first kappa shape index (κ1) is 11.8. The van der Waals surface area contributed by atoms with Gasteiger partial charge in [0.25, 0.3) is 0 Å². The van der Waals surface area contributed by atoms with Crippen molar-refractivity contribution in [2.45, 2.75) is 6.42 Å². The van der Waals surface area contributed by atoms with Crippen molar-refractivity contribution in [1.82, 2.24) is 0 Å². The van der Waals surface area contributed by atoms with Gasteiger partial charge in [0.15, 0.2) is 0 Å². The van der Waals surface area contributed by atoms with Crippen molar-refractivity contribution in [3.8, 4) is 0 Å². The molecule has 6 heteroatoms. The average Bonchev–Trinajstić information content (AvgIpc) is 2.20. The number of carbonyl (C=O) groups is 2. The SMILES string of the molecule is NC(=O)N(CCC(=O)O)c1ccccc1N. The Bertz CT molecular complexity index is 406. The third kappa shape index (κ3) is 2.88. The second kappa shape index (κ2) is 5.01. The van der Waals surface area contributed by atoms with E-state index in [0.29, 0.717) is 11.4 Å². The van der Waals surface area contributed by atoms with Crippen LogP contribution in [0.5, 0.6) is 0 Å². The van der Waals surface area contributed by atoms with Gasteiger partial charge in [0, 0.05) is 6.54 Å². The Kier molecular flexibility index (Phi) is 3.71. The number of para-hydroxylation sites is 2. The number of rotatable bonds is 4. The molecule has 0 aliphatic rings. The van der Waals surface area contributed by atoms with Crippen molar-refractivity contribution in [3.63, 3.8) is 0 Å². The lowest BCUT2D eigenvalue weighted by atomic mass is 10.2. The van der Waals surface area contributed by atoms with E-state index >= 15 is 0 Å². The number of urea groups is 1. The molecular formula is C10H13N3O3. The van der Waals surface area contributed by atoms with E-state index < -0.39 is 12.0 Å². The number of carbonyl (C=O) groups excluding carboxylic acids is 1. The summed E-state index contributed by atoms with van der Waals surface area (Å²) < 4.78 is 0. The van der Waals surface area contributed by atoms with Crippen LogP contribution in [0, 0.1) is 0 Å². The van der Waals surface area contributed by atoms with Gasteiger partial charge in [0.2, 0.25) is 0 Å². The molecule has 0 aliphatic carbocycles. The number of nitrogen functional groups attached to an aromatic ring is 1. The van der Waals surface area contributed by atoms with Crippen molar-refractivity contribution in [2.75, 3.05) is 17.2 Å². The van der Waals surface area contributed by atoms with Crippen LogP contribution in [0.1, 0.15) is 6.42 Å². The maximum absolute atomic E-state index is 11.2. The molecule has 0 spiro atoms. The number of primary amides is 1. The Morgan fingerprint density at radius 2 is 1.94 bits per heavy atom. The lowest BCUT2D eigenvalue weighted by molar-refractivity contribution is -0.136. The van der Waals surface area contributed by atoms with E-state index in [0.717, 1.165) is 4.90 Å². The molecule has 0 aliphatic heterocycles. The highest BCUT2D eigenvalue weighted by molar-refractivity contribution is 5.94. The smallest absolute Gasteiger partial charge is 0.319 e. The summed E-state index contributed by atoms with van der Waals surface area (Å²) >= 11 is 0. The molecule has 6 nitrogen and oxygen atoms in total. The van der Waals surface area contributed by atoms with Gasteiger partial charge < -0.3 is 16.6 Å². The van der Waals surface area contributed by atoms with Crippen LogP contribution in [0.25, 0.3) is 0 Å². The fraction of sp³-hybridized carbons (Fsp3) is 0.200. The minimum absolute atomic E-state index is 0.00111. The Hall–Kier alpha value is -2.24. The predicted octanol–water partition coefficient (Wildman–Crippen LogP) is 0.629. The van der Waals surface area contributed by atoms with Gasteiger partial charge >= 0.3 is 12.0 Å². The van der Waals surface area contributed by atoms with E-state index in [2.05, 4.69) is 0 Å². The molecule has 1 aromatic carbocycles. The summed E-state index contributed by atoms with van der Waals surface area (Å²) in [5.74, 6) is -0.999. The van der Waals surface area contributed by atoms with Crippen LogP contribution in [-0.4, -0.2) is 23.7 Å². The summed E-state index contributed by atoms with van der Waals surface area (Å²) in [5, 5.41) is 8.55. The number of anilines is 2. The minimum Gasteiger partial charge on any atom is -0.481 e. The topological polar surface area (TPSA) is 110 Å². The lowest BCUT2D eigenvalue weighted by Crippen LogP contribution is -2.37. The van der Waals surface area contributed by atoms with Gasteiger partial charge in [-0.3, -0.25) is 9.69 Å². The predicted molar refractivity (Wildman–Crippen MR) is 60.0 cm³/mol. The third-order valence-electron chi connectivity index (χ3n) is 2.04. The summed E-state index contributed by atoms with van der Waals surface area (Å²) in [6.45, 7) is -0.00111. The Labute approximate surface area is 92.4 Å². The zero-order valence-electron chi connectivity index (χ0n) is 8.59. The van der Waals surface area contributed by atoms with Gasteiger partial charge in [0.1, 0.15) is 0 Å². The van der Waals surface area contributed by atoms with Gasteiger partial charge in [-0.25, -0.2) is 4.79 Å². The first-order chi connectivity index (χ1) is 7.52. The number of carboxylic acids is 1. The normalized spacial score (nSPS) is 9.75. The van der Waals surface area contributed by atoms with E-state index in [4.69, 9.17) is 16.6 Å². The van der Waals surface area contributed by atoms with Crippen LogP contribution in [-0.2, 0) is 4.79 Å². The number of carboxylic acid groups (broad SMARTS) is 1. The van der Waals surface area contributed by atoms with Gasteiger partial charge in [0.05, 0.1) is 17.8 Å². The number of nitrogens with zero attached hydrogens (tertiary/aromatic N) is 1. The highest BCUT2D eigenvalue weighted by Crippen LogP contribution is 2.22. The Morgan fingerprint density at radius 1 is 1.31 bits per heavy atom. The van der Waals surface area contributed by atoms with E-state index in [1.54, 1.807) is 24.3 Å². The summed E-state index contributed by atoms with van der Waals surface area (Å²) in [7, 11) is 0. The summed E-state index contributed by atoms with van der Waals surface area (Å²) in [5.41, 5.74) is 11.6. The molecule has 5 N–H and O–H groups in total. The molecule has 0 saturated heterocycles. The molecule has 0 unspecified atom stereocenters. The number of hydrogen-bond donors (Lipinski definition) is 3. The summed E-state index contributed by atoms with van der Waals surface area (Å²) in [6, 6.07) is 5.92. The first-order valence-electron chi connectivity index (χ1n) is 4.65. The van der Waals surface area contributed by atoms with Crippen LogP contribution >= 0.6 is 0 Å².